The van der Waals surface area contributed by atoms with Crippen LogP contribution in [0.3, 0.4) is 0 Å². The highest BCUT2D eigenvalue weighted by Crippen LogP contribution is 2.45. The third-order valence-corrected chi connectivity index (χ3v) is 10.7. The number of guanidine groups is 1. The van der Waals surface area contributed by atoms with Crippen LogP contribution in [0.4, 0.5) is 11.4 Å². The standard InChI is InChI=1S/C39H53N9OS/c1-8-28(20-29-13-11-10-12-25(29)3)22-41-23-31-21-30(15-14-26(31)4)35(32-16-17-33(42-9-2)36(40)27(32)5)39(6,7)37(49)44-38-45-46-47-48(38)24-34-43-18-19-50-34/h10-19,21,28,35,41-42,46-47H,8-9,20,22-24,40H2,1-7H3,(H,44,45,49)/t28-,35-/m0/s1. The Morgan fingerprint density at radius 3 is 2.54 bits per heavy atom. The second-order valence-electron chi connectivity index (χ2n) is 13.8. The Bertz CT molecular complexity index is 1790. The molecule has 3 aromatic carbocycles. The Labute approximate surface area is 301 Å². The van der Waals surface area contributed by atoms with Gasteiger partial charge in [-0.05, 0) is 91.6 Å². The summed E-state index contributed by atoms with van der Waals surface area (Å²) in [5.74, 6) is 0.459. The summed E-state index contributed by atoms with van der Waals surface area (Å²) < 4.78 is 0. The molecule has 0 bridgehead atoms. The molecule has 0 fully saturated rings. The number of nitrogen functional groups attached to an aromatic ring is 1. The van der Waals surface area contributed by atoms with Crippen molar-refractivity contribution in [2.75, 3.05) is 24.1 Å². The second-order valence-corrected chi connectivity index (χ2v) is 14.8. The van der Waals surface area contributed by atoms with Crippen LogP contribution in [0.1, 0.15) is 84.0 Å². The van der Waals surface area contributed by atoms with Gasteiger partial charge in [0.25, 0.3) is 0 Å². The zero-order chi connectivity index (χ0) is 35.8. The number of aromatic nitrogens is 1. The Kier molecular flexibility index (Phi) is 12.2. The largest absolute Gasteiger partial charge is 0.397 e. The van der Waals surface area contributed by atoms with Gasteiger partial charge >= 0.3 is 0 Å². The number of nitrogens with two attached hydrogens (primary N) is 1. The number of benzene rings is 3. The van der Waals surface area contributed by atoms with Gasteiger partial charge in [-0.15, -0.1) is 22.0 Å². The van der Waals surface area contributed by atoms with Crippen LogP contribution in [-0.4, -0.2) is 34.9 Å². The van der Waals surface area contributed by atoms with Crippen molar-refractivity contribution in [2.45, 2.75) is 80.3 Å². The first kappa shape index (κ1) is 36.8. The predicted octanol–water partition coefficient (Wildman–Crippen LogP) is 6.51. The van der Waals surface area contributed by atoms with Crippen LogP contribution in [0.5, 0.6) is 0 Å². The van der Waals surface area contributed by atoms with E-state index >= 15 is 0 Å². The first-order valence-corrected chi connectivity index (χ1v) is 18.4. The number of nitrogens with one attached hydrogen (secondary N) is 5. The van der Waals surface area contributed by atoms with E-state index < -0.39 is 5.41 Å². The maximum absolute atomic E-state index is 14.4. The topological polar surface area (TPSA) is 132 Å². The molecule has 266 valence electrons. The number of hydrogen-bond donors (Lipinski definition) is 6. The molecule has 0 saturated carbocycles. The van der Waals surface area contributed by atoms with Crippen molar-refractivity contribution >= 4 is 34.6 Å². The molecule has 1 amide bonds. The van der Waals surface area contributed by atoms with Crippen molar-refractivity contribution < 1.29 is 4.79 Å². The van der Waals surface area contributed by atoms with Gasteiger partial charge in [0.05, 0.1) is 23.3 Å². The lowest BCUT2D eigenvalue weighted by Gasteiger charge is -2.36. The number of hydrazone groups is 1. The van der Waals surface area contributed by atoms with Crippen LogP contribution in [-0.2, 0) is 24.3 Å². The number of anilines is 2. The van der Waals surface area contributed by atoms with Crippen LogP contribution < -0.4 is 32.8 Å². The Morgan fingerprint density at radius 2 is 1.82 bits per heavy atom. The van der Waals surface area contributed by atoms with Gasteiger partial charge in [-0.3, -0.25) is 15.1 Å². The molecule has 1 aromatic heterocycles. The second kappa shape index (κ2) is 16.5. The average molecular weight is 696 g/mol. The lowest BCUT2D eigenvalue weighted by atomic mass is 9.69. The fraction of sp³-hybridized carbons (Fsp3) is 0.410. The van der Waals surface area contributed by atoms with Crippen molar-refractivity contribution in [2.24, 2.45) is 16.4 Å². The number of nitrogens with zero attached hydrogens (tertiary/aromatic N) is 3. The van der Waals surface area contributed by atoms with E-state index in [1.807, 2.05) is 32.2 Å². The third-order valence-electron chi connectivity index (χ3n) is 9.95. The van der Waals surface area contributed by atoms with E-state index in [9.17, 15) is 4.79 Å². The highest BCUT2D eigenvalue weighted by molar-refractivity contribution is 7.09. The maximum Gasteiger partial charge on any atom is 0.240 e. The van der Waals surface area contributed by atoms with E-state index in [1.54, 1.807) is 22.5 Å². The van der Waals surface area contributed by atoms with Crippen LogP contribution in [0.2, 0.25) is 0 Å². The molecular formula is C39H53N9OS. The van der Waals surface area contributed by atoms with Crippen molar-refractivity contribution in [1.29, 1.82) is 0 Å². The van der Waals surface area contributed by atoms with E-state index in [4.69, 9.17) is 5.73 Å². The monoisotopic (exact) mass is 695 g/mol. The highest BCUT2D eigenvalue weighted by Gasteiger charge is 2.41. The lowest BCUT2D eigenvalue weighted by molar-refractivity contribution is -0.128. The SMILES string of the molecule is CCNc1ccc([C@H](c2ccc(C)c(CNC[C@@H](CC)Cc3ccccc3C)c2)C(C)(C)C(=O)NC2=NNNN2Cc2nccs2)c(C)c1N. The van der Waals surface area contributed by atoms with Crippen molar-refractivity contribution in [3.63, 3.8) is 0 Å². The number of carbonyl (C=O) groups excluding carboxylic acids is 1. The summed E-state index contributed by atoms with van der Waals surface area (Å²) in [5, 5.41) is 19.1. The molecule has 1 aliphatic rings. The van der Waals surface area contributed by atoms with Crippen LogP contribution in [0, 0.1) is 32.1 Å². The van der Waals surface area contributed by atoms with Gasteiger partial charge in [-0.25, -0.2) is 10.5 Å². The molecular weight excluding hydrogens is 643 g/mol. The van der Waals surface area contributed by atoms with Crippen LogP contribution in [0.15, 0.2) is 71.3 Å². The summed E-state index contributed by atoms with van der Waals surface area (Å²) in [7, 11) is 0. The molecule has 0 unspecified atom stereocenters. The van der Waals surface area contributed by atoms with Crippen LogP contribution >= 0.6 is 11.3 Å². The minimum atomic E-state index is -0.907. The quantitative estimate of drug-likeness (QED) is 0.0777. The molecule has 5 rings (SSSR count). The number of rotatable bonds is 15. The van der Waals surface area contributed by atoms with E-state index in [2.05, 4.69) is 113 Å². The summed E-state index contributed by atoms with van der Waals surface area (Å²) in [6.07, 6.45) is 3.93. The number of aryl methyl sites for hydroxylation is 2. The minimum absolute atomic E-state index is 0.160. The van der Waals surface area contributed by atoms with Gasteiger partial charge in [0, 0.05) is 30.6 Å². The van der Waals surface area contributed by atoms with Gasteiger partial charge < -0.3 is 16.4 Å². The predicted molar refractivity (Wildman–Crippen MR) is 206 cm³/mol. The lowest BCUT2D eigenvalue weighted by Crippen LogP contribution is -2.51. The molecule has 4 aromatic rings. The molecule has 50 heavy (non-hydrogen) atoms. The Morgan fingerprint density at radius 1 is 1.04 bits per heavy atom. The van der Waals surface area contributed by atoms with Gasteiger partial charge in [0.2, 0.25) is 11.9 Å². The van der Waals surface area contributed by atoms with E-state index in [1.165, 1.54) is 22.3 Å². The van der Waals surface area contributed by atoms with Gasteiger partial charge in [-0.1, -0.05) is 75.7 Å². The molecule has 0 radical (unpaired) electrons. The fourth-order valence-corrected chi connectivity index (χ4v) is 7.30. The van der Waals surface area contributed by atoms with Crippen molar-refractivity contribution in [3.8, 4) is 0 Å². The molecule has 0 spiro atoms. The smallest absolute Gasteiger partial charge is 0.240 e. The Balaban J connectivity index is 1.42. The molecule has 0 aliphatic carbocycles. The van der Waals surface area contributed by atoms with E-state index in [0.717, 1.165) is 59.9 Å². The number of thiazole rings is 1. The molecule has 10 nitrogen and oxygen atoms in total. The first-order valence-electron chi connectivity index (χ1n) is 17.6. The summed E-state index contributed by atoms with van der Waals surface area (Å²) in [4.78, 5) is 18.8. The van der Waals surface area contributed by atoms with Gasteiger partial charge in [-0.2, -0.15) is 0 Å². The summed E-state index contributed by atoms with van der Waals surface area (Å²) in [5.41, 5.74) is 21.4. The normalized spacial score (nSPS) is 14.2. The average Bonchev–Trinajstić information content (AvgIpc) is 3.78. The van der Waals surface area contributed by atoms with E-state index in [0.29, 0.717) is 24.1 Å². The Hall–Kier alpha value is -4.45. The molecule has 11 heteroatoms. The van der Waals surface area contributed by atoms with Gasteiger partial charge in [0.1, 0.15) is 5.01 Å². The number of hydrogen-bond acceptors (Lipinski definition) is 10. The zero-order valence-corrected chi connectivity index (χ0v) is 31.3. The first-order chi connectivity index (χ1) is 24.0. The van der Waals surface area contributed by atoms with Crippen LogP contribution in [0.25, 0.3) is 0 Å². The maximum atomic E-state index is 14.4. The minimum Gasteiger partial charge on any atom is -0.397 e. The molecule has 2 atom stereocenters. The summed E-state index contributed by atoms with van der Waals surface area (Å²) >= 11 is 1.54. The molecule has 0 saturated heterocycles. The van der Waals surface area contributed by atoms with Crippen molar-refractivity contribution in [1.82, 2.24) is 31.7 Å². The number of hydrazine groups is 2. The van der Waals surface area contributed by atoms with Crippen molar-refractivity contribution in [3.05, 3.63) is 110 Å². The molecule has 1 aliphatic heterocycles. The molecule has 7 N–H and O–H groups in total. The summed E-state index contributed by atoms with van der Waals surface area (Å²) in [6.45, 7) is 17.6. The van der Waals surface area contributed by atoms with E-state index in [-0.39, 0.29) is 11.8 Å². The summed E-state index contributed by atoms with van der Waals surface area (Å²) in [6, 6.07) is 19.4. The zero-order valence-electron chi connectivity index (χ0n) is 30.5. The molecule has 2 heterocycles. The number of amides is 1. The highest BCUT2D eigenvalue weighted by atomic mass is 32.1. The fourth-order valence-electron chi connectivity index (χ4n) is 6.69. The number of carbonyl (C=O) groups is 1. The van der Waals surface area contributed by atoms with Gasteiger partial charge in [0.15, 0.2) is 0 Å². The third kappa shape index (κ3) is 8.46.